The first-order chi connectivity index (χ1) is 15.5. The smallest absolute Gasteiger partial charge is 0.198 e. The number of halogens is 1. The van der Waals surface area contributed by atoms with Crippen molar-refractivity contribution in [2.75, 3.05) is 5.75 Å². The molecule has 0 amide bonds. The van der Waals surface area contributed by atoms with E-state index < -0.39 is 0 Å². The lowest BCUT2D eigenvalue weighted by molar-refractivity contribution is -0.0542. The van der Waals surface area contributed by atoms with Crippen molar-refractivity contribution in [1.29, 1.82) is 0 Å². The van der Waals surface area contributed by atoms with Crippen molar-refractivity contribution in [3.8, 4) is 0 Å². The molecule has 5 nitrogen and oxygen atoms in total. The predicted octanol–water partition coefficient (Wildman–Crippen LogP) is 7.14. The Morgan fingerprint density at radius 1 is 1.16 bits per heavy atom. The molecule has 5 rings (SSSR count). The Morgan fingerprint density at radius 2 is 1.97 bits per heavy atom. The molecular formula is C23H25BrN4OS3. The molecule has 1 aromatic carbocycles. The summed E-state index contributed by atoms with van der Waals surface area (Å²) in [5.41, 5.74) is 3.41. The molecule has 1 atom stereocenters. The van der Waals surface area contributed by atoms with Gasteiger partial charge >= 0.3 is 0 Å². The Hall–Kier alpha value is -1.13. The van der Waals surface area contributed by atoms with Crippen LogP contribution < -0.4 is 0 Å². The second kappa shape index (κ2) is 9.25. The maximum Gasteiger partial charge on any atom is 0.198 e. The highest BCUT2D eigenvalue weighted by Gasteiger charge is 2.33. The van der Waals surface area contributed by atoms with Crippen molar-refractivity contribution in [2.45, 2.75) is 68.3 Å². The standard InChI is InChI=1S/C23H25BrN4OS3/c1-4-10-30-21-25-20-18(16-11-23(3,5-2)29-12-17(16)32-20)19-26-27-22(28(19)21)31-13-14-6-8-15(24)9-7-14/h6-9H,4-5,10-13H2,1-3H3/t23-/m1/s1. The van der Waals surface area contributed by atoms with Crippen molar-refractivity contribution in [3.05, 3.63) is 44.7 Å². The fraction of sp³-hybridized carbons (Fsp3) is 0.435. The fourth-order valence-electron chi connectivity index (χ4n) is 3.86. The van der Waals surface area contributed by atoms with Gasteiger partial charge in [-0.1, -0.05) is 65.4 Å². The lowest BCUT2D eigenvalue weighted by atomic mass is 9.90. The molecule has 0 radical (unpaired) electrons. The van der Waals surface area contributed by atoms with Gasteiger partial charge in [0.15, 0.2) is 16.0 Å². The number of hydrogen-bond acceptors (Lipinski definition) is 7. The number of fused-ring (bicyclic) bond motifs is 5. The van der Waals surface area contributed by atoms with Gasteiger partial charge in [-0.25, -0.2) is 9.38 Å². The van der Waals surface area contributed by atoms with Crippen LogP contribution in [0.2, 0.25) is 0 Å². The summed E-state index contributed by atoms with van der Waals surface area (Å²) in [5, 5.41) is 12.4. The molecule has 0 saturated carbocycles. The first-order valence-electron chi connectivity index (χ1n) is 10.8. The van der Waals surface area contributed by atoms with Gasteiger partial charge in [0.1, 0.15) is 4.83 Å². The fourth-order valence-corrected chi connectivity index (χ4v) is 7.07. The normalized spacial score (nSPS) is 18.5. The number of hydrogen-bond donors (Lipinski definition) is 0. The molecule has 1 aliphatic rings. The van der Waals surface area contributed by atoms with E-state index in [-0.39, 0.29) is 5.60 Å². The summed E-state index contributed by atoms with van der Waals surface area (Å²) in [5.74, 6) is 1.86. The van der Waals surface area contributed by atoms with Crippen LogP contribution in [0.1, 0.15) is 49.6 Å². The molecule has 0 N–H and O–H groups in total. The number of aromatic nitrogens is 4. The summed E-state index contributed by atoms with van der Waals surface area (Å²) in [6.45, 7) is 7.26. The van der Waals surface area contributed by atoms with Crippen LogP contribution in [-0.4, -0.2) is 30.9 Å². The minimum absolute atomic E-state index is 0.132. The van der Waals surface area contributed by atoms with Gasteiger partial charge in [0.25, 0.3) is 0 Å². The zero-order chi connectivity index (χ0) is 22.3. The number of thiophene rings is 1. The molecule has 4 heterocycles. The quantitative estimate of drug-likeness (QED) is 0.181. The lowest BCUT2D eigenvalue weighted by Crippen LogP contribution is -2.33. The van der Waals surface area contributed by atoms with Gasteiger partial charge in [-0.05, 0) is 43.0 Å². The van der Waals surface area contributed by atoms with Gasteiger partial charge < -0.3 is 4.74 Å². The summed E-state index contributed by atoms with van der Waals surface area (Å²) in [4.78, 5) is 7.45. The maximum absolute atomic E-state index is 6.21. The van der Waals surface area contributed by atoms with E-state index in [1.165, 1.54) is 16.0 Å². The van der Waals surface area contributed by atoms with Gasteiger partial charge in [0.2, 0.25) is 0 Å². The van der Waals surface area contributed by atoms with Crippen molar-refractivity contribution in [3.63, 3.8) is 0 Å². The zero-order valence-electron chi connectivity index (χ0n) is 18.4. The van der Waals surface area contributed by atoms with E-state index in [1.54, 1.807) is 34.9 Å². The van der Waals surface area contributed by atoms with E-state index >= 15 is 0 Å². The Labute approximate surface area is 208 Å². The molecule has 1 aliphatic heterocycles. The van der Waals surface area contributed by atoms with Crippen LogP contribution in [-0.2, 0) is 23.5 Å². The number of nitrogens with zero attached hydrogens (tertiary/aromatic N) is 4. The van der Waals surface area contributed by atoms with Crippen molar-refractivity contribution in [2.24, 2.45) is 0 Å². The van der Waals surface area contributed by atoms with E-state index in [4.69, 9.17) is 14.8 Å². The second-order valence-corrected chi connectivity index (χ2v) is 12.3. The van der Waals surface area contributed by atoms with Gasteiger partial charge in [0.05, 0.1) is 17.6 Å². The summed E-state index contributed by atoms with van der Waals surface area (Å²) in [6.07, 6.45) is 2.98. The highest BCUT2D eigenvalue weighted by Crippen LogP contribution is 2.42. The Kier molecular flexibility index (Phi) is 6.55. The Morgan fingerprint density at radius 3 is 2.72 bits per heavy atom. The molecule has 0 aliphatic carbocycles. The second-order valence-electron chi connectivity index (χ2n) is 8.25. The highest BCUT2D eigenvalue weighted by atomic mass is 79.9. The molecule has 0 bridgehead atoms. The molecule has 0 spiro atoms. The van der Waals surface area contributed by atoms with E-state index in [0.717, 1.165) is 61.4 Å². The minimum atomic E-state index is -0.132. The van der Waals surface area contributed by atoms with Crippen LogP contribution in [0.3, 0.4) is 0 Å². The van der Waals surface area contributed by atoms with Gasteiger partial charge in [0, 0.05) is 27.3 Å². The van der Waals surface area contributed by atoms with Crippen LogP contribution in [0.5, 0.6) is 0 Å². The third-order valence-electron chi connectivity index (χ3n) is 5.88. The minimum Gasteiger partial charge on any atom is -0.369 e. The maximum atomic E-state index is 6.21. The molecule has 9 heteroatoms. The number of ether oxygens (including phenoxy) is 1. The Bertz CT molecular complexity index is 1270. The topological polar surface area (TPSA) is 52.3 Å². The first-order valence-corrected chi connectivity index (χ1v) is 14.4. The summed E-state index contributed by atoms with van der Waals surface area (Å²) < 4.78 is 9.48. The van der Waals surface area contributed by atoms with Crippen LogP contribution in [0.25, 0.3) is 15.9 Å². The predicted molar refractivity (Wildman–Crippen MR) is 138 cm³/mol. The number of thioether (sulfide) groups is 2. The summed E-state index contributed by atoms with van der Waals surface area (Å²) in [7, 11) is 0. The molecule has 0 saturated heterocycles. The molecule has 3 aromatic heterocycles. The van der Waals surface area contributed by atoms with Gasteiger partial charge in [-0.2, -0.15) is 0 Å². The molecule has 0 unspecified atom stereocenters. The zero-order valence-corrected chi connectivity index (χ0v) is 22.4. The number of rotatable bonds is 7. The van der Waals surface area contributed by atoms with Gasteiger partial charge in [-0.3, -0.25) is 0 Å². The average molecular weight is 550 g/mol. The summed E-state index contributed by atoms with van der Waals surface area (Å²) in [6, 6.07) is 8.44. The van der Waals surface area contributed by atoms with Crippen molar-refractivity contribution in [1.82, 2.24) is 19.6 Å². The van der Waals surface area contributed by atoms with Crippen LogP contribution in [0.4, 0.5) is 0 Å². The lowest BCUT2D eigenvalue weighted by Gasteiger charge is -2.33. The molecule has 4 aromatic rings. The molecular weight excluding hydrogens is 524 g/mol. The van der Waals surface area contributed by atoms with Crippen LogP contribution >= 0.6 is 50.8 Å². The van der Waals surface area contributed by atoms with Crippen LogP contribution in [0, 0.1) is 0 Å². The van der Waals surface area contributed by atoms with Gasteiger partial charge in [-0.15, -0.1) is 21.5 Å². The molecule has 0 fully saturated rings. The van der Waals surface area contributed by atoms with E-state index in [1.807, 2.05) is 0 Å². The average Bonchev–Trinajstić information content (AvgIpc) is 3.38. The molecule has 168 valence electrons. The highest BCUT2D eigenvalue weighted by molar-refractivity contribution is 9.10. The molecule has 32 heavy (non-hydrogen) atoms. The first kappa shape index (κ1) is 22.7. The van der Waals surface area contributed by atoms with Crippen molar-refractivity contribution < 1.29 is 4.74 Å². The van der Waals surface area contributed by atoms with Crippen LogP contribution in [0.15, 0.2) is 39.1 Å². The Balaban J connectivity index is 1.60. The SMILES string of the molecule is CCCSc1nc2sc3c(c2c2nnc(SCc4ccc(Br)cc4)n12)C[C@@](C)(CC)OC3. The third-order valence-corrected chi connectivity index (χ3v) is 9.66. The van der Waals surface area contributed by atoms with E-state index in [9.17, 15) is 0 Å². The monoisotopic (exact) mass is 548 g/mol. The third kappa shape index (κ3) is 4.22. The summed E-state index contributed by atoms with van der Waals surface area (Å²) >= 11 is 8.76. The number of benzene rings is 1. The van der Waals surface area contributed by atoms with E-state index in [0.29, 0.717) is 6.61 Å². The van der Waals surface area contributed by atoms with E-state index in [2.05, 4.69) is 70.5 Å². The van der Waals surface area contributed by atoms with Crippen molar-refractivity contribution >= 4 is 66.7 Å². The largest absolute Gasteiger partial charge is 0.369 e.